The molecule has 1 nitrogen and oxygen atoms in total. The smallest absolute Gasteiger partial charge is 0.236 e. The molecule has 1 aromatic carbocycles. The van der Waals surface area contributed by atoms with Crippen LogP contribution in [0.15, 0.2) is 24.3 Å². The molecule has 0 radical (unpaired) electrons. The predicted molar refractivity (Wildman–Crippen MR) is 55.5 cm³/mol. The van der Waals surface area contributed by atoms with Crippen molar-refractivity contribution >= 4 is 5.71 Å². The lowest BCUT2D eigenvalue weighted by Gasteiger charge is -2.27. The van der Waals surface area contributed by atoms with Crippen LogP contribution in [-0.2, 0) is 5.41 Å². The fourth-order valence-electron chi connectivity index (χ4n) is 2.04. The van der Waals surface area contributed by atoms with Gasteiger partial charge in [0, 0.05) is 5.41 Å². The van der Waals surface area contributed by atoms with Crippen molar-refractivity contribution in [3.63, 3.8) is 0 Å². The van der Waals surface area contributed by atoms with Crippen molar-refractivity contribution in [3.05, 3.63) is 35.4 Å². The predicted octanol–water partition coefficient (Wildman–Crippen LogP) is 1.41. The van der Waals surface area contributed by atoms with Crippen LogP contribution in [0.5, 0.6) is 0 Å². The van der Waals surface area contributed by atoms with Gasteiger partial charge in [0.25, 0.3) is 5.71 Å². The van der Waals surface area contributed by atoms with Crippen molar-refractivity contribution in [1.82, 2.24) is 0 Å². The first-order chi connectivity index (χ1) is 7.32. The van der Waals surface area contributed by atoms with Crippen LogP contribution in [0.4, 0.5) is 13.2 Å². The first-order valence-corrected chi connectivity index (χ1v) is 5.10. The van der Waals surface area contributed by atoms with Crippen molar-refractivity contribution in [2.45, 2.75) is 25.4 Å². The van der Waals surface area contributed by atoms with Gasteiger partial charge in [-0.15, -0.1) is 0 Å². The van der Waals surface area contributed by atoms with E-state index in [4.69, 9.17) is 0 Å². The first kappa shape index (κ1) is 11.2. The van der Waals surface area contributed by atoms with Gasteiger partial charge in [0.1, 0.15) is 0 Å². The number of halogens is 3. The molecule has 1 aromatic rings. The summed E-state index contributed by atoms with van der Waals surface area (Å²) in [5.41, 5.74) is 0.125. The number of nitrogens with one attached hydrogen (secondary N) is 1. The Morgan fingerprint density at radius 3 is 2.44 bits per heavy atom. The third kappa shape index (κ3) is 1.72. The summed E-state index contributed by atoms with van der Waals surface area (Å²) in [6.07, 6.45) is -4.31. The fourth-order valence-corrected chi connectivity index (χ4v) is 2.04. The second-order valence-electron chi connectivity index (χ2n) is 4.66. The molecule has 0 bridgehead atoms. The Morgan fingerprint density at radius 2 is 1.81 bits per heavy atom. The molecule has 0 amide bonds. The molecule has 1 aliphatic rings. The highest BCUT2D eigenvalue weighted by molar-refractivity contribution is 6.02. The molecule has 0 unspecified atom stereocenters. The van der Waals surface area contributed by atoms with E-state index in [1.807, 2.05) is 13.8 Å². The van der Waals surface area contributed by atoms with E-state index < -0.39 is 11.9 Å². The highest BCUT2D eigenvalue weighted by Crippen LogP contribution is 2.30. The zero-order valence-corrected chi connectivity index (χ0v) is 9.15. The van der Waals surface area contributed by atoms with Crippen LogP contribution in [0.25, 0.3) is 0 Å². The number of benzene rings is 1. The molecular formula is C12H13F3N+. The highest BCUT2D eigenvalue weighted by Gasteiger charge is 2.47. The minimum Gasteiger partial charge on any atom is -0.236 e. The molecular weight excluding hydrogens is 215 g/mol. The minimum atomic E-state index is -4.31. The normalized spacial score (nSPS) is 18.9. The van der Waals surface area contributed by atoms with Gasteiger partial charge in [-0.3, -0.25) is 0 Å². The van der Waals surface area contributed by atoms with Gasteiger partial charge in [-0.05, 0) is 25.5 Å². The van der Waals surface area contributed by atoms with Gasteiger partial charge in [0.2, 0.25) is 0 Å². The van der Waals surface area contributed by atoms with Gasteiger partial charge in [0.15, 0.2) is 6.54 Å². The lowest BCUT2D eigenvalue weighted by atomic mass is 9.78. The summed E-state index contributed by atoms with van der Waals surface area (Å²) in [4.78, 5) is 2.50. The molecule has 2 rings (SSSR count). The maximum atomic E-state index is 12.8. The molecule has 86 valence electrons. The summed E-state index contributed by atoms with van der Waals surface area (Å²) in [5.74, 6) is 0. The molecule has 0 saturated carbocycles. The van der Waals surface area contributed by atoms with Crippen molar-refractivity contribution in [2.24, 2.45) is 0 Å². The molecule has 1 aliphatic heterocycles. The number of fused-ring (bicyclic) bond motifs is 1. The van der Waals surface area contributed by atoms with E-state index in [9.17, 15) is 13.2 Å². The van der Waals surface area contributed by atoms with Crippen molar-refractivity contribution < 1.29 is 18.2 Å². The average molecular weight is 228 g/mol. The molecule has 0 aromatic heterocycles. The summed E-state index contributed by atoms with van der Waals surface area (Å²) in [6, 6.07) is 6.70. The van der Waals surface area contributed by atoms with E-state index in [1.165, 1.54) is 6.07 Å². The molecule has 0 saturated heterocycles. The molecule has 0 fully saturated rings. The van der Waals surface area contributed by atoms with Crippen LogP contribution in [0.2, 0.25) is 0 Å². The van der Waals surface area contributed by atoms with Crippen LogP contribution in [0, 0.1) is 0 Å². The van der Waals surface area contributed by atoms with Crippen LogP contribution in [-0.4, -0.2) is 18.4 Å². The van der Waals surface area contributed by atoms with E-state index >= 15 is 0 Å². The quantitative estimate of drug-likeness (QED) is 0.690. The monoisotopic (exact) mass is 228 g/mol. The summed E-state index contributed by atoms with van der Waals surface area (Å²) in [7, 11) is 0. The van der Waals surface area contributed by atoms with Crippen molar-refractivity contribution in [2.75, 3.05) is 6.54 Å². The largest absolute Gasteiger partial charge is 0.477 e. The van der Waals surface area contributed by atoms with E-state index in [0.29, 0.717) is 6.54 Å². The summed E-state index contributed by atoms with van der Waals surface area (Å²) < 4.78 is 38.3. The topological polar surface area (TPSA) is 14.0 Å². The lowest BCUT2D eigenvalue weighted by Crippen LogP contribution is -2.81. The summed E-state index contributed by atoms with van der Waals surface area (Å²) in [5, 5.41) is 0. The molecule has 1 N–H and O–H groups in total. The molecule has 4 heteroatoms. The van der Waals surface area contributed by atoms with Crippen LogP contribution >= 0.6 is 0 Å². The zero-order chi connectivity index (χ0) is 12.0. The fraction of sp³-hybridized carbons (Fsp3) is 0.417. The van der Waals surface area contributed by atoms with Gasteiger partial charge in [-0.1, -0.05) is 18.2 Å². The second kappa shape index (κ2) is 3.34. The van der Waals surface area contributed by atoms with E-state index in [-0.39, 0.29) is 11.0 Å². The number of hydrogen-bond donors (Lipinski definition) is 1. The van der Waals surface area contributed by atoms with Gasteiger partial charge >= 0.3 is 6.18 Å². The maximum Gasteiger partial charge on any atom is 0.477 e. The Balaban J connectivity index is 2.61. The molecule has 0 aliphatic carbocycles. The molecule has 0 atom stereocenters. The lowest BCUT2D eigenvalue weighted by molar-refractivity contribution is -0.478. The van der Waals surface area contributed by atoms with Gasteiger partial charge in [-0.25, -0.2) is 4.99 Å². The van der Waals surface area contributed by atoms with Crippen LogP contribution < -0.4 is 4.99 Å². The third-order valence-corrected chi connectivity index (χ3v) is 2.92. The molecule has 0 spiro atoms. The average Bonchev–Trinajstić information content (AvgIpc) is 2.16. The Bertz CT molecular complexity index is 444. The second-order valence-corrected chi connectivity index (χ2v) is 4.66. The zero-order valence-electron chi connectivity index (χ0n) is 9.15. The van der Waals surface area contributed by atoms with Gasteiger partial charge in [-0.2, -0.15) is 13.2 Å². The third-order valence-electron chi connectivity index (χ3n) is 2.92. The number of alkyl halides is 3. The molecule has 16 heavy (non-hydrogen) atoms. The number of hydrogen-bond acceptors (Lipinski definition) is 0. The molecule has 1 heterocycles. The van der Waals surface area contributed by atoms with Crippen molar-refractivity contribution in [3.8, 4) is 0 Å². The summed E-state index contributed by atoms with van der Waals surface area (Å²) >= 11 is 0. The Hall–Kier alpha value is -1.32. The highest BCUT2D eigenvalue weighted by atomic mass is 19.4. The minimum absolute atomic E-state index is 0.270. The SMILES string of the molecule is CC1(C)C[NH+]=C(C(F)(F)F)c2ccccc21. The number of rotatable bonds is 0. The van der Waals surface area contributed by atoms with Crippen molar-refractivity contribution in [1.29, 1.82) is 0 Å². The summed E-state index contributed by atoms with van der Waals surface area (Å²) in [6.45, 7) is 4.18. The Labute approximate surface area is 92.0 Å². The standard InChI is InChI=1S/C12H12F3N/c1-11(2)7-16-10(12(13,14)15)8-5-3-4-6-9(8)11/h3-6H,7H2,1-2H3/p+1. The van der Waals surface area contributed by atoms with E-state index in [0.717, 1.165) is 5.56 Å². The van der Waals surface area contributed by atoms with E-state index in [1.54, 1.807) is 18.2 Å². The van der Waals surface area contributed by atoms with Gasteiger partial charge < -0.3 is 0 Å². The maximum absolute atomic E-state index is 12.8. The van der Waals surface area contributed by atoms with Crippen LogP contribution in [0.1, 0.15) is 25.0 Å². The van der Waals surface area contributed by atoms with Crippen LogP contribution in [0.3, 0.4) is 0 Å². The Morgan fingerprint density at radius 1 is 1.19 bits per heavy atom. The van der Waals surface area contributed by atoms with E-state index in [2.05, 4.69) is 4.99 Å². The Kier molecular flexibility index (Phi) is 2.33. The van der Waals surface area contributed by atoms with Gasteiger partial charge in [0.05, 0.1) is 5.56 Å². The first-order valence-electron chi connectivity index (χ1n) is 5.10.